The summed E-state index contributed by atoms with van der Waals surface area (Å²) in [5.41, 5.74) is 0. The normalized spacial score (nSPS) is 10.1. The van der Waals surface area contributed by atoms with Gasteiger partial charge in [-0.2, -0.15) is 0 Å². The third kappa shape index (κ3) is 4.06. The van der Waals surface area contributed by atoms with Gasteiger partial charge in [0.2, 0.25) is 0 Å². The van der Waals surface area contributed by atoms with Crippen LogP contribution in [0, 0.1) is 0 Å². The van der Waals surface area contributed by atoms with Crippen LogP contribution in [-0.4, -0.2) is 30.6 Å². The van der Waals surface area contributed by atoms with Crippen LogP contribution in [0.4, 0.5) is 5.82 Å². The Morgan fingerprint density at radius 3 is 2.71 bits per heavy atom. The fraction of sp³-hybridized carbons (Fsp3) is 0.455. The summed E-state index contributed by atoms with van der Waals surface area (Å²) in [6, 6.07) is 1.60. The third-order valence-corrected chi connectivity index (χ3v) is 2.58. The van der Waals surface area contributed by atoms with Gasteiger partial charge in [0.25, 0.3) is 0 Å². The smallest absolute Gasteiger partial charge is 0.325 e. The first-order valence-electron chi connectivity index (χ1n) is 5.30. The first kappa shape index (κ1) is 14.1. The zero-order chi connectivity index (χ0) is 12.8. The van der Waals surface area contributed by atoms with Gasteiger partial charge >= 0.3 is 5.97 Å². The summed E-state index contributed by atoms with van der Waals surface area (Å²) in [5, 5.41) is 0.884. The molecule has 0 aliphatic carbocycles. The molecule has 0 radical (unpaired) electrons. The minimum absolute atomic E-state index is 0.124. The van der Waals surface area contributed by atoms with E-state index in [0.717, 1.165) is 0 Å². The van der Waals surface area contributed by atoms with Crippen molar-refractivity contribution >= 4 is 35.0 Å². The molecule has 0 N–H and O–H groups in total. The second-order valence-corrected chi connectivity index (χ2v) is 4.12. The van der Waals surface area contributed by atoms with E-state index < -0.39 is 0 Å². The van der Waals surface area contributed by atoms with Gasteiger partial charge in [0.05, 0.1) is 16.7 Å². The lowest BCUT2D eigenvalue weighted by Gasteiger charge is -2.21. The number of likely N-dealkylation sites (N-methyl/N-ethyl adjacent to an activating group) is 1. The van der Waals surface area contributed by atoms with Gasteiger partial charge in [0, 0.05) is 12.7 Å². The minimum atomic E-state index is -0.304. The van der Waals surface area contributed by atoms with E-state index in [9.17, 15) is 4.79 Å². The third-order valence-electron chi connectivity index (χ3n) is 2.09. The number of nitrogens with zero attached hydrogens (tertiary/aromatic N) is 2. The molecule has 0 aromatic carbocycles. The van der Waals surface area contributed by atoms with Crippen molar-refractivity contribution in [1.82, 2.24) is 4.98 Å². The number of carbonyl (C=O) groups excluding carboxylic acids is 1. The highest BCUT2D eigenvalue weighted by atomic mass is 35.5. The molecule has 0 unspecified atom stereocenters. The SMILES string of the molecule is CCOC(=O)CN(CC)c1ncc(Cl)cc1Cl. The highest BCUT2D eigenvalue weighted by Crippen LogP contribution is 2.25. The maximum Gasteiger partial charge on any atom is 0.325 e. The molecule has 1 aromatic rings. The van der Waals surface area contributed by atoms with Crippen molar-refractivity contribution < 1.29 is 9.53 Å². The predicted molar refractivity (Wildman–Crippen MR) is 68.8 cm³/mol. The van der Waals surface area contributed by atoms with Crippen LogP contribution >= 0.6 is 23.2 Å². The Bertz CT molecular complexity index is 399. The Kier molecular flexibility index (Phi) is 5.51. The van der Waals surface area contributed by atoms with Gasteiger partial charge in [-0.1, -0.05) is 23.2 Å². The fourth-order valence-electron chi connectivity index (χ4n) is 1.34. The zero-order valence-corrected chi connectivity index (χ0v) is 11.3. The Labute approximate surface area is 110 Å². The number of pyridine rings is 1. The van der Waals surface area contributed by atoms with E-state index in [1.165, 1.54) is 6.20 Å². The Morgan fingerprint density at radius 2 is 2.18 bits per heavy atom. The molecular formula is C11H14Cl2N2O2. The van der Waals surface area contributed by atoms with Crippen LogP contribution in [0.15, 0.2) is 12.3 Å². The number of hydrogen-bond donors (Lipinski definition) is 0. The predicted octanol–water partition coefficient (Wildman–Crippen LogP) is 2.78. The first-order chi connectivity index (χ1) is 8.08. The van der Waals surface area contributed by atoms with Crippen molar-refractivity contribution in [2.75, 3.05) is 24.6 Å². The molecule has 4 nitrogen and oxygen atoms in total. The van der Waals surface area contributed by atoms with E-state index in [2.05, 4.69) is 4.98 Å². The first-order valence-corrected chi connectivity index (χ1v) is 6.05. The molecular weight excluding hydrogens is 263 g/mol. The number of aromatic nitrogens is 1. The maximum atomic E-state index is 11.4. The van der Waals surface area contributed by atoms with E-state index in [1.807, 2.05) is 6.92 Å². The molecule has 1 rings (SSSR count). The Hall–Kier alpha value is -1.000. The van der Waals surface area contributed by atoms with Crippen LogP contribution in [0.25, 0.3) is 0 Å². The van der Waals surface area contributed by atoms with Crippen molar-refractivity contribution in [3.8, 4) is 0 Å². The van der Waals surface area contributed by atoms with Crippen molar-refractivity contribution in [2.24, 2.45) is 0 Å². The lowest BCUT2D eigenvalue weighted by molar-refractivity contribution is -0.141. The number of rotatable bonds is 5. The van der Waals surface area contributed by atoms with E-state index in [1.54, 1.807) is 17.9 Å². The molecule has 17 heavy (non-hydrogen) atoms. The van der Waals surface area contributed by atoms with Gasteiger partial charge in [0.1, 0.15) is 12.4 Å². The molecule has 0 saturated carbocycles. The molecule has 0 bridgehead atoms. The van der Waals surface area contributed by atoms with E-state index >= 15 is 0 Å². The summed E-state index contributed by atoms with van der Waals surface area (Å²) in [7, 11) is 0. The van der Waals surface area contributed by atoms with Crippen LogP contribution in [0.2, 0.25) is 10.0 Å². The van der Waals surface area contributed by atoms with Crippen LogP contribution in [-0.2, 0) is 9.53 Å². The molecule has 0 amide bonds. The molecule has 6 heteroatoms. The summed E-state index contributed by atoms with van der Waals surface area (Å²) in [4.78, 5) is 17.3. The average molecular weight is 277 g/mol. The fourth-order valence-corrected chi connectivity index (χ4v) is 1.84. The van der Waals surface area contributed by atoms with Gasteiger partial charge in [-0.15, -0.1) is 0 Å². The number of ether oxygens (including phenoxy) is 1. The largest absolute Gasteiger partial charge is 0.465 e. The van der Waals surface area contributed by atoms with Crippen molar-refractivity contribution in [3.05, 3.63) is 22.3 Å². The second-order valence-electron chi connectivity index (χ2n) is 3.28. The molecule has 0 aliphatic rings. The van der Waals surface area contributed by atoms with Gasteiger partial charge in [-0.3, -0.25) is 4.79 Å². The number of esters is 1. The summed E-state index contributed by atoms with van der Waals surface area (Å²) >= 11 is 11.8. The Morgan fingerprint density at radius 1 is 1.47 bits per heavy atom. The second kappa shape index (κ2) is 6.67. The van der Waals surface area contributed by atoms with Gasteiger partial charge < -0.3 is 9.64 Å². The number of carbonyl (C=O) groups is 1. The molecule has 94 valence electrons. The summed E-state index contributed by atoms with van der Waals surface area (Å²) in [6.07, 6.45) is 1.50. The number of hydrogen-bond acceptors (Lipinski definition) is 4. The maximum absolute atomic E-state index is 11.4. The van der Waals surface area contributed by atoms with Crippen LogP contribution in [0.3, 0.4) is 0 Å². The molecule has 0 saturated heterocycles. The highest BCUT2D eigenvalue weighted by Gasteiger charge is 2.15. The molecule has 0 spiro atoms. The molecule has 0 fully saturated rings. The number of anilines is 1. The van der Waals surface area contributed by atoms with Gasteiger partial charge in [-0.05, 0) is 19.9 Å². The van der Waals surface area contributed by atoms with Crippen molar-refractivity contribution in [2.45, 2.75) is 13.8 Å². The topological polar surface area (TPSA) is 42.4 Å². The van der Waals surface area contributed by atoms with Crippen molar-refractivity contribution in [1.29, 1.82) is 0 Å². The van der Waals surface area contributed by atoms with Crippen LogP contribution in [0.1, 0.15) is 13.8 Å². The highest BCUT2D eigenvalue weighted by molar-refractivity contribution is 6.36. The van der Waals surface area contributed by atoms with E-state index in [0.29, 0.717) is 29.0 Å². The summed E-state index contributed by atoms with van der Waals surface area (Å²) in [5.74, 6) is 0.230. The average Bonchev–Trinajstić information content (AvgIpc) is 2.27. The van der Waals surface area contributed by atoms with Crippen LogP contribution in [0.5, 0.6) is 0 Å². The molecule has 1 heterocycles. The number of halogens is 2. The summed E-state index contributed by atoms with van der Waals surface area (Å²) in [6.45, 7) is 4.76. The standard InChI is InChI=1S/C11H14Cl2N2O2/c1-3-15(7-10(16)17-4-2)11-9(13)5-8(12)6-14-11/h5-6H,3-4,7H2,1-2H3. The minimum Gasteiger partial charge on any atom is -0.465 e. The molecule has 0 aliphatic heterocycles. The lowest BCUT2D eigenvalue weighted by Crippen LogP contribution is -2.31. The van der Waals surface area contributed by atoms with E-state index in [-0.39, 0.29) is 12.5 Å². The van der Waals surface area contributed by atoms with Gasteiger partial charge in [0.15, 0.2) is 0 Å². The quantitative estimate of drug-likeness (QED) is 0.776. The van der Waals surface area contributed by atoms with Crippen molar-refractivity contribution in [3.63, 3.8) is 0 Å². The Balaban J connectivity index is 2.82. The lowest BCUT2D eigenvalue weighted by atomic mass is 10.4. The zero-order valence-electron chi connectivity index (χ0n) is 9.74. The molecule has 0 atom stereocenters. The summed E-state index contributed by atoms with van der Waals surface area (Å²) < 4.78 is 4.88. The van der Waals surface area contributed by atoms with Gasteiger partial charge in [-0.25, -0.2) is 4.98 Å². The van der Waals surface area contributed by atoms with E-state index in [4.69, 9.17) is 27.9 Å². The van der Waals surface area contributed by atoms with Crippen LogP contribution < -0.4 is 4.90 Å². The molecule has 1 aromatic heterocycles. The monoisotopic (exact) mass is 276 g/mol.